The van der Waals surface area contributed by atoms with Crippen LogP contribution in [-0.4, -0.2) is 28.0 Å². The summed E-state index contributed by atoms with van der Waals surface area (Å²) in [7, 11) is 0. The molecule has 1 amide bonds. The summed E-state index contributed by atoms with van der Waals surface area (Å²) >= 11 is 0. The summed E-state index contributed by atoms with van der Waals surface area (Å²) in [6, 6.07) is 7.38. The fraction of sp³-hybridized carbons (Fsp3) is 0.529. The summed E-state index contributed by atoms with van der Waals surface area (Å²) in [5.74, 6) is 0.301. The molecule has 7 heteroatoms. The van der Waals surface area contributed by atoms with Gasteiger partial charge in [-0.2, -0.15) is 0 Å². The molecular formula is C17H25ClN4O2. The predicted molar refractivity (Wildman–Crippen MR) is 97.4 cm³/mol. The molecule has 0 saturated heterocycles. The summed E-state index contributed by atoms with van der Waals surface area (Å²) in [6.45, 7) is 0.464. The van der Waals surface area contributed by atoms with Gasteiger partial charge in [0.2, 0.25) is 5.91 Å². The number of carbonyl (C=O) groups is 1. The number of H-pyrrole nitrogens is 1. The van der Waals surface area contributed by atoms with E-state index in [1.165, 1.54) is 23.8 Å². The maximum atomic E-state index is 12.4. The standard InChI is InChI=1S/C17H24N4O2.ClH/c18-10-14(12-6-2-1-3-7-12)19-16(22)11-21-15-9-5-4-8-13(15)20-17(21)23;/h4-5,8-9,12,14H,1-3,6-7,10-11,18H2,(H,19,22)(H,20,23);1H. The molecule has 1 aromatic heterocycles. The molecule has 24 heavy (non-hydrogen) atoms. The van der Waals surface area contributed by atoms with E-state index in [1.54, 1.807) is 0 Å². The minimum atomic E-state index is -0.261. The Morgan fingerprint density at radius 1 is 1.29 bits per heavy atom. The molecule has 132 valence electrons. The van der Waals surface area contributed by atoms with Crippen molar-refractivity contribution in [3.8, 4) is 0 Å². The Labute approximate surface area is 147 Å². The number of nitrogens with zero attached hydrogens (tertiary/aromatic N) is 1. The first kappa shape index (κ1) is 18.5. The highest BCUT2D eigenvalue weighted by atomic mass is 35.5. The zero-order valence-corrected chi connectivity index (χ0v) is 14.5. The number of benzene rings is 1. The molecule has 1 fully saturated rings. The van der Waals surface area contributed by atoms with Gasteiger partial charge in [-0.25, -0.2) is 4.79 Å². The monoisotopic (exact) mass is 352 g/mol. The van der Waals surface area contributed by atoms with Gasteiger partial charge in [-0.1, -0.05) is 31.4 Å². The number of halogens is 1. The van der Waals surface area contributed by atoms with Gasteiger partial charge in [-0.3, -0.25) is 9.36 Å². The third kappa shape index (κ3) is 3.99. The number of fused-ring (bicyclic) bond motifs is 1. The molecule has 1 aliphatic carbocycles. The number of amides is 1. The van der Waals surface area contributed by atoms with Crippen LogP contribution >= 0.6 is 12.4 Å². The van der Waals surface area contributed by atoms with Crippen molar-refractivity contribution < 1.29 is 4.79 Å². The van der Waals surface area contributed by atoms with Crippen LogP contribution in [0.4, 0.5) is 0 Å². The molecule has 0 bridgehead atoms. The molecule has 0 radical (unpaired) electrons. The number of aromatic amines is 1. The lowest BCUT2D eigenvalue weighted by Gasteiger charge is -2.30. The average Bonchev–Trinajstić information content (AvgIpc) is 2.89. The van der Waals surface area contributed by atoms with E-state index in [-0.39, 0.29) is 36.6 Å². The van der Waals surface area contributed by atoms with Crippen molar-refractivity contribution in [3.63, 3.8) is 0 Å². The average molecular weight is 353 g/mol. The zero-order valence-electron chi connectivity index (χ0n) is 13.7. The molecule has 2 aromatic rings. The Balaban J connectivity index is 0.00000208. The summed E-state index contributed by atoms with van der Waals surface area (Å²) in [5.41, 5.74) is 7.08. The van der Waals surface area contributed by atoms with Gasteiger partial charge >= 0.3 is 5.69 Å². The summed E-state index contributed by atoms with van der Waals surface area (Å²) in [5, 5.41) is 3.03. The van der Waals surface area contributed by atoms with Gasteiger partial charge in [-0.05, 0) is 30.9 Å². The van der Waals surface area contributed by atoms with Crippen molar-refractivity contribution in [1.82, 2.24) is 14.9 Å². The van der Waals surface area contributed by atoms with E-state index < -0.39 is 0 Å². The molecule has 3 rings (SSSR count). The van der Waals surface area contributed by atoms with Crippen molar-refractivity contribution >= 4 is 29.3 Å². The fourth-order valence-electron chi connectivity index (χ4n) is 3.57. The van der Waals surface area contributed by atoms with E-state index in [2.05, 4.69) is 10.3 Å². The first-order valence-electron chi connectivity index (χ1n) is 8.36. The summed E-state index contributed by atoms with van der Waals surface area (Å²) in [4.78, 5) is 27.2. The molecule has 1 atom stereocenters. The van der Waals surface area contributed by atoms with E-state index in [9.17, 15) is 9.59 Å². The lowest BCUT2D eigenvalue weighted by molar-refractivity contribution is -0.122. The van der Waals surface area contributed by atoms with Crippen molar-refractivity contribution in [3.05, 3.63) is 34.7 Å². The second-order valence-corrected chi connectivity index (χ2v) is 6.34. The third-order valence-corrected chi connectivity index (χ3v) is 4.80. The highest BCUT2D eigenvalue weighted by Crippen LogP contribution is 2.26. The molecule has 1 saturated carbocycles. The number of para-hydroxylation sites is 2. The van der Waals surface area contributed by atoms with Crippen molar-refractivity contribution in [1.29, 1.82) is 0 Å². The van der Waals surface area contributed by atoms with E-state index in [0.29, 0.717) is 12.5 Å². The normalized spacial score (nSPS) is 16.5. The van der Waals surface area contributed by atoms with E-state index in [0.717, 1.165) is 23.9 Å². The van der Waals surface area contributed by atoms with Gasteiger partial charge in [0.05, 0.1) is 11.0 Å². The first-order valence-corrected chi connectivity index (χ1v) is 8.36. The topological polar surface area (TPSA) is 92.9 Å². The smallest absolute Gasteiger partial charge is 0.326 e. The first-order chi connectivity index (χ1) is 11.2. The minimum absolute atomic E-state index is 0. The Morgan fingerprint density at radius 2 is 2.00 bits per heavy atom. The summed E-state index contributed by atoms with van der Waals surface area (Å²) in [6.07, 6.45) is 5.93. The molecule has 1 aromatic carbocycles. The highest BCUT2D eigenvalue weighted by molar-refractivity contribution is 5.85. The number of hydrogen-bond donors (Lipinski definition) is 3. The third-order valence-electron chi connectivity index (χ3n) is 4.80. The van der Waals surface area contributed by atoms with Crippen LogP contribution in [0.25, 0.3) is 11.0 Å². The second-order valence-electron chi connectivity index (χ2n) is 6.34. The van der Waals surface area contributed by atoms with Crippen LogP contribution in [0.3, 0.4) is 0 Å². The maximum Gasteiger partial charge on any atom is 0.326 e. The lowest BCUT2D eigenvalue weighted by Crippen LogP contribution is -2.47. The van der Waals surface area contributed by atoms with Gasteiger partial charge in [0.25, 0.3) is 0 Å². The Hall–Kier alpha value is -1.79. The van der Waals surface area contributed by atoms with Crippen LogP contribution < -0.4 is 16.7 Å². The zero-order chi connectivity index (χ0) is 16.2. The number of rotatable bonds is 5. The van der Waals surface area contributed by atoms with Crippen LogP contribution in [-0.2, 0) is 11.3 Å². The number of nitrogens with one attached hydrogen (secondary N) is 2. The highest BCUT2D eigenvalue weighted by Gasteiger charge is 2.24. The molecule has 6 nitrogen and oxygen atoms in total. The largest absolute Gasteiger partial charge is 0.350 e. The van der Waals surface area contributed by atoms with Crippen molar-refractivity contribution in [2.45, 2.75) is 44.7 Å². The SMILES string of the molecule is Cl.NCC(NC(=O)Cn1c(=O)[nH]c2ccccc21)C1CCCCC1. The number of carbonyl (C=O) groups excluding carboxylic acids is 1. The minimum Gasteiger partial charge on any atom is -0.350 e. The Kier molecular flexibility index (Phi) is 6.45. The predicted octanol–water partition coefficient (Wildman–Crippen LogP) is 1.78. The molecule has 0 spiro atoms. The lowest BCUT2D eigenvalue weighted by atomic mass is 9.84. The number of imidazole rings is 1. The van der Waals surface area contributed by atoms with Crippen LogP contribution in [0.5, 0.6) is 0 Å². The second kappa shape index (κ2) is 8.35. The molecule has 4 N–H and O–H groups in total. The number of hydrogen-bond acceptors (Lipinski definition) is 3. The van der Waals surface area contributed by atoms with E-state index >= 15 is 0 Å². The Morgan fingerprint density at radius 3 is 2.71 bits per heavy atom. The van der Waals surface area contributed by atoms with Crippen LogP contribution in [0.15, 0.2) is 29.1 Å². The van der Waals surface area contributed by atoms with Gasteiger partial charge < -0.3 is 16.0 Å². The number of aromatic nitrogens is 2. The molecular weight excluding hydrogens is 328 g/mol. The molecule has 1 aliphatic rings. The summed E-state index contributed by atoms with van der Waals surface area (Å²) < 4.78 is 1.47. The van der Waals surface area contributed by atoms with Gasteiger partial charge in [0.1, 0.15) is 6.54 Å². The van der Waals surface area contributed by atoms with Gasteiger partial charge in [0.15, 0.2) is 0 Å². The number of nitrogens with two attached hydrogens (primary N) is 1. The quantitative estimate of drug-likeness (QED) is 0.765. The fourth-order valence-corrected chi connectivity index (χ4v) is 3.57. The van der Waals surface area contributed by atoms with Gasteiger partial charge in [0, 0.05) is 12.6 Å². The van der Waals surface area contributed by atoms with Crippen molar-refractivity contribution in [2.24, 2.45) is 11.7 Å². The van der Waals surface area contributed by atoms with Crippen LogP contribution in [0.1, 0.15) is 32.1 Å². The van der Waals surface area contributed by atoms with Crippen LogP contribution in [0, 0.1) is 5.92 Å². The van der Waals surface area contributed by atoms with Crippen LogP contribution in [0.2, 0.25) is 0 Å². The molecule has 1 heterocycles. The molecule has 1 unspecified atom stereocenters. The van der Waals surface area contributed by atoms with E-state index in [1.807, 2.05) is 24.3 Å². The molecule has 0 aliphatic heterocycles. The van der Waals surface area contributed by atoms with E-state index in [4.69, 9.17) is 5.73 Å². The van der Waals surface area contributed by atoms with Crippen molar-refractivity contribution in [2.75, 3.05) is 6.54 Å². The Bertz CT molecular complexity index is 734. The maximum absolute atomic E-state index is 12.4. The van der Waals surface area contributed by atoms with Gasteiger partial charge in [-0.15, -0.1) is 12.4 Å².